The summed E-state index contributed by atoms with van der Waals surface area (Å²) < 4.78 is 4.93. The van der Waals surface area contributed by atoms with E-state index in [1.54, 1.807) is 25.4 Å². The SMILES string of the molecule is C=CCCC(=O)Cc1ccc(OC)nc1. The smallest absolute Gasteiger partial charge is 0.212 e. The number of ether oxygens (including phenoxy) is 1. The van der Waals surface area contributed by atoms with Crippen molar-refractivity contribution in [2.24, 2.45) is 0 Å². The molecule has 1 heterocycles. The Hall–Kier alpha value is -1.64. The van der Waals surface area contributed by atoms with Crippen molar-refractivity contribution in [3.05, 3.63) is 36.5 Å². The van der Waals surface area contributed by atoms with Gasteiger partial charge in [0.2, 0.25) is 5.88 Å². The molecule has 3 nitrogen and oxygen atoms in total. The van der Waals surface area contributed by atoms with Gasteiger partial charge in [0.25, 0.3) is 0 Å². The highest BCUT2D eigenvalue weighted by molar-refractivity contribution is 5.80. The summed E-state index contributed by atoms with van der Waals surface area (Å²) in [6, 6.07) is 3.62. The molecular formula is C12H15NO2. The van der Waals surface area contributed by atoms with Gasteiger partial charge in [-0.1, -0.05) is 12.1 Å². The van der Waals surface area contributed by atoms with Crippen LogP contribution in [0.5, 0.6) is 5.88 Å². The predicted octanol–water partition coefficient (Wildman–Crippen LogP) is 2.17. The zero-order valence-electron chi connectivity index (χ0n) is 8.90. The molecule has 0 radical (unpaired) electrons. The third-order valence-electron chi connectivity index (χ3n) is 2.04. The maximum absolute atomic E-state index is 11.4. The minimum absolute atomic E-state index is 0.210. The summed E-state index contributed by atoms with van der Waals surface area (Å²) in [7, 11) is 1.57. The van der Waals surface area contributed by atoms with E-state index in [1.807, 2.05) is 6.07 Å². The zero-order chi connectivity index (χ0) is 11.1. The summed E-state index contributed by atoms with van der Waals surface area (Å²) in [6.07, 6.45) is 5.15. The molecule has 0 N–H and O–H groups in total. The number of rotatable bonds is 6. The number of hydrogen-bond donors (Lipinski definition) is 0. The average molecular weight is 205 g/mol. The average Bonchev–Trinajstić information content (AvgIpc) is 2.27. The molecule has 0 aliphatic rings. The van der Waals surface area contributed by atoms with Crippen LogP contribution in [0.1, 0.15) is 18.4 Å². The molecule has 0 fully saturated rings. The Morgan fingerprint density at radius 3 is 2.93 bits per heavy atom. The topological polar surface area (TPSA) is 39.2 Å². The van der Waals surface area contributed by atoms with Gasteiger partial charge in [-0.2, -0.15) is 0 Å². The van der Waals surface area contributed by atoms with E-state index in [-0.39, 0.29) is 5.78 Å². The van der Waals surface area contributed by atoms with E-state index >= 15 is 0 Å². The number of carbonyl (C=O) groups is 1. The lowest BCUT2D eigenvalue weighted by atomic mass is 10.1. The highest BCUT2D eigenvalue weighted by atomic mass is 16.5. The second-order valence-corrected chi connectivity index (χ2v) is 3.25. The number of ketones is 1. The van der Waals surface area contributed by atoms with Gasteiger partial charge in [0.15, 0.2) is 0 Å². The van der Waals surface area contributed by atoms with Crippen molar-refractivity contribution in [3.8, 4) is 5.88 Å². The van der Waals surface area contributed by atoms with Gasteiger partial charge in [0, 0.05) is 25.1 Å². The zero-order valence-corrected chi connectivity index (χ0v) is 8.90. The standard InChI is InChI=1S/C12H15NO2/c1-3-4-5-11(14)8-10-6-7-12(15-2)13-9-10/h3,6-7,9H,1,4-5,8H2,2H3. The van der Waals surface area contributed by atoms with Gasteiger partial charge in [-0.15, -0.1) is 6.58 Å². The minimum atomic E-state index is 0.210. The first-order chi connectivity index (χ1) is 7.26. The maximum Gasteiger partial charge on any atom is 0.212 e. The second-order valence-electron chi connectivity index (χ2n) is 3.25. The van der Waals surface area contributed by atoms with Gasteiger partial charge < -0.3 is 4.74 Å². The van der Waals surface area contributed by atoms with Gasteiger partial charge in [-0.3, -0.25) is 4.79 Å². The lowest BCUT2D eigenvalue weighted by molar-refractivity contribution is -0.118. The molecule has 0 saturated carbocycles. The van der Waals surface area contributed by atoms with Crippen LogP contribution in [0.2, 0.25) is 0 Å². The van der Waals surface area contributed by atoms with Gasteiger partial charge in [0.05, 0.1) is 7.11 Å². The number of allylic oxidation sites excluding steroid dienone is 1. The number of nitrogens with zero attached hydrogens (tertiary/aromatic N) is 1. The molecule has 0 aromatic carbocycles. The molecule has 80 valence electrons. The summed E-state index contributed by atoms with van der Waals surface area (Å²) in [5.74, 6) is 0.777. The quantitative estimate of drug-likeness (QED) is 0.668. The minimum Gasteiger partial charge on any atom is -0.481 e. The molecule has 1 aromatic heterocycles. The van der Waals surface area contributed by atoms with Gasteiger partial charge in [-0.25, -0.2) is 4.98 Å². The van der Waals surface area contributed by atoms with E-state index in [0.29, 0.717) is 18.7 Å². The van der Waals surface area contributed by atoms with Crippen molar-refractivity contribution in [1.82, 2.24) is 4.98 Å². The molecule has 0 atom stereocenters. The molecule has 0 saturated heterocycles. The molecule has 3 heteroatoms. The summed E-state index contributed by atoms with van der Waals surface area (Å²) in [6.45, 7) is 3.58. The van der Waals surface area contributed by atoms with Gasteiger partial charge >= 0.3 is 0 Å². The summed E-state index contributed by atoms with van der Waals surface area (Å²) in [5, 5.41) is 0. The second kappa shape index (κ2) is 5.96. The Labute approximate surface area is 89.8 Å². The van der Waals surface area contributed by atoms with Crippen LogP contribution in [-0.4, -0.2) is 17.9 Å². The molecular weight excluding hydrogens is 190 g/mol. The number of methoxy groups -OCH3 is 1. The van der Waals surface area contributed by atoms with Crippen LogP contribution in [0.3, 0.4) is 0 Å². The molecule has 0 unspecified atom stereocenters. The number of carbonyl (C=O) groups excluding carboxylic acids is 1. The Morgan fingerprint density at radius 2 is 2.40 bits per heavy atom. The summed E-state index contributed by atoms with van der Waals surface area (Å²) in [4.78, 5) is 15.5. The molecule has 15 heavy (non-hydrogen) atoms. The maximum atomic E-state index is 11.4. The van der Waals surface area contributed by atoms with Crippen LogP contribution < -0.4 is 4.74 Å². The molecule has 0 bridgehead atoms. The van der Waals surface area contributed by atoms with Crippen LogP contribution >= 0.6 is 0 Å². The fraction of sp³-hybridized carbons (Fsp3) is 0.333. The van der Waals surface area contributed by atoms with E-state index in [0.717, 1.165) is 12.0 Å². The normalized spacial score (nSPS) is 9.67. The lowest BCUT2D eigenvalue weighted by Gasteiger charge is -2.01. The Balaban J connectivity index is 2.49. The molecule has 0 amide bonds. The number of hydrogen-bond acceptors (Lipinski definition) is 3. The summed E-state index contributed by atoms with van der Waals surface area (Å²) >= 11 is 0. The van der Waals surface area contributed by atoms with Gasteiger partial charge in [0.1, 0.15) is 5.78 Å². The van der Waals surface area contributed by atoms with Crippen molar-refractivity contribution in [2.45, 2.75) is 19.3 Å². The number of pyridine rings is 1. The van der Waals surface area contributed by atoms with E-state index in [9.17, 15) is 4.79 Å². The fourth-order valence-corrected chi connectivity index (χ4v) is 1.22. The molecule has 0 aliphatic heterocycles. The molecule has 1 rings (SSSR count). The molecule has 0 spiro atoms. The summed E-state index contributed by atoms with van der Waals surface area (Å²) in [5.41, 5.74) is 0.921. The van der Waals surface area contributed by atoms with E-state index in [4.69, 9.17) is 4.74 Å². The Morgan fingerprint density at radius 1 is 1.60 bits per heavy atom. The predicted molar refractivity (Wildman–Crippen MR) is 58.9 cm³/mol. The van der Waals surface area contributed by atoms with E-state index in [1.165, 1.54) is 0 Å². The Bertz CT molecular complexity index is 330. The van der Waals surface area contributed by atoms with E-state index < -0.39 is 0 Å². The highest BCUT2D eigenvalue weighted by Gasteiger charge is 2.03. The van der Waals surface area contributed by atoms with Crippen LogP contribution in [0.15, 0.2) is 31.0 Å². The largest absolute Gasteiger partial charge is 0.481 e. The van der Waals surface area contributed by atoms with Crippen LogP contribution in [0.4, 0.5) is 0 Å². The van der Waals surface area contributed by atoms with Crippen molar-refractivity contribution >= 4 is 5.78 Å². The monoisotopic (exact) mass is 205 g/mol. The first-order valence-corrected chi connectivity index (χ1v) is 4.87. The van der Waals surface area contributed by atoms with Crippen LogP contribution in [-0.2, 0) is 11.2 Å². The lowest BCUT2D eigenvalue weighted by Crippen LogP contribution is -2.02. The fourth-order valence-electron chi connectivity index (χ4n) is 1.22. The van der Waals surface area contributed by atoms with Crippen molar-refractivity contribution < 1.29 is 9.53 Å². The third kappa shape index (κ3) is 3.94. The van der Waals surface area contributed by atoms with Gasteiger partial charge in [-0.05, 0) is 12.0 Å². The first-order valence-electron chi connectivity index (χ1n) is 4.87. The third-order valence-corrected chi connectivity index (χ3v) is 2.04. The van der Waals surface area contributed by atoms with Crippen molar-refractivity contribution in [1.29, 1.82) is 0 Å². The van der Waals surface area contributed by atoms with Crippen molar-refractivity contribution in [2.75, 3.05) is 7.11 Å². The van der Waals surface area contributed by atoms with E-state index in [2.05, 4.69) is 11.6 Å². The Kier molecular flexibility index (Phi) is 4.54. The first kappa shape index (κ1) is 11.4. The van der Waals surface area contributed by atoms with Crippen LogP contribution in [0, 0.1) is 0 Å². The van der Waals surface area contributed by atoms with Crippen LogP contribution in [0.25, 0.3) is 0 Å². The molecule has 1 aromatic rings. The molecule has 0 aliphatic carbocycles. The van der Waals surface area contributed by atoms with Crippen molar-refractivity contribution in [3.63, 3.8) is 0 Å². The number of Topliss-reactive ketones (excluding diaryl/α,β-unsaturated/α-hetero) is 1. The number of aromatic nitrogens is 1. The highest BCUT2D eigenvalue weighted by Crippen LogP contribution is 2.08.